The lowest BCUT2D eigenvalue weighted by atomic mass is 10.0. The minimum Gasteiger partial charge on any atom is -0.478 e. The van der Waals surface area contributed by atoms with Crippen LogP contribution in [0.4, 0.5) is 5.69 Å². The van der Waals surface area contributed by atoms with Gasteiger partial charge in [0, 0.05) is 11.6 Å². The summed E-state index contributed by atoms with van der Waals surface area (Å²) in [5.74, 6) is -0.861. The van der Waals surface area contributed by atoms with Crippen molar-refractivity contribution in [2.24, 2.45) is 5.92 Å². The van der Waals surface area contributed by atoms with Crippen LogP contribution in [0.2, 0.25) is 0 Å². The standard InChI is InChI=1S/C15H18N2O3/c1-9(2)13(8-18)17-14-10-5-3-4-6-12(10)16-7-11(14)15(19)20/h3-7,9,13,18H,8H2,1-2H3,(H,16,17)(H,19,20). The van der Waals surface area contributed by atoms with Crippen molar-refractivity contribution in [3.63, 3.8) is 0 Å². The van der Waals surface area contributed by atoms with Crippen molar-refractivity contribution < 1.29 is 15.0 Å². The summed E-state index contributed by atoms with van der Waals surface area (Å²) in [5, 5.41) is 22.6. The van der Waals surface area contributed by atoms with Gasteiger partial charge in [-0.1, -0.05) is 32.0 Å². The number of carboxylic acids is 1. The van der Waals surface area contributed by atoms with Gasteiger partial charge in [-0.2, -0.15) is 0 Å². The minimum atomic E-state index is -1.04. The molecule has 1 aromatic carbocycles. The van der Waals surface area contributed by atoms with Crippen LogP contribution in [-0.4, -0.2) is 33.8 Å². The summed E-state index contributed by atoms with van der Waals surface area (Å²) >= 11 is 0. The quantitative estimate of drug-likeness (QED) is 0.779. The summed E-state index contributed by atoms with van der Waals surface area (Å²) in [4.78, 5) is 15.5. The van der Waals surface area contributed by atoms with Crippen LogP contribution in [0, 0.1) is 5.92 Å². The molecule has 20 heavy (non-hydrogen) atoms. The van der Waals surface area contributed by atoms with Gasteiger partial charge < -0.3 is 15.5 Å². The zero-order valence-corrected chi connectivity index (χ0v) is 11.5. The van der Waals surface area contributed by atoms with Crippen molar-refractivity contribution >= 4 is 22.6 Å². The molecule has 3 N–H and O–H groups in total. The fourth-order valence-corrected chi connectivity index (χ4v) is 2.07. The molecule has 1 atom stereocenters. The van der Waals surface area contributed by atoms with Gasteiger partial charge in [-0.05, 0) is 12.0 Å². The van der Waals surface area contributed by atoms with Crippen molar-refractivity contribution in [1.82, 2.24) is 4.98 Å². The number of aromatic nitrogens is 1. The number of nitrogens with zero attached hydrogens (tertiary/aromatic N) is 1. The average molecular weight is 274 g/mol. The highest BCUT2D eigenvalue weighted by Gasteiger charge is 2.19. The van der Waals surface area contributed by atoms with Crippen molar-refractivity contribution in [3.8, 4) is 0 Å². The molecule has 0 fully saturated rings. The number of aliphatic hydroxyl groups is 1. The minimum absolute atomic E-state index is 0.0621. The summed E-state index contributed by atoms with van der Waals surface area (Å²) in [6, 6.07) is 7.13. The fourth-order valence-electron chi connectivity index (χ4n) is 2.07. The van der Waals surface area contributed by atoms with Gasteiger partial charge in [-0.3, -0.25) is 4.98 Å². The molecule has 2 rings (SSSR count). The first-order chi connectivity index (χ1) is 9.54. The molecule has 1 heterocycles. The second kappa shape index (κ2) is 5.88. The van der Waals surface area contributed by atoms with Crippen molar-refractivity contribution in [3.05, 3.63) is 36.0 Å². The van der Waals surface area contributed by atoms with Crippen molar-refractivity contribution in [2.75, 3.05) is 11.9 Å². The van der Waals surface area contributed by atoms with E-state index in [4.69, 9.17) is 0 Å². The molecule has 2 aromatic rings. The molecule has 106 valence electrons. The van der Waals surface area contributed by atoms with E-state index in [1.807, 2.05) is 38.1 Å². The first-order valence-corrected chi connectivity index (χ1v) is 6.53. The molecule has 5 heteroatoms. The highest BCUT2D eigenvalue weighted by atomic mass is 16.4. The Kier molecular flexibility index (Phi) is 4.20. The van der Waals surface area contributed by atoms with Crippen LogP contribution in [0.3, 0.4) is 0 Å². The number of hydrogen-bond donors (Lipinski definition) is 3. The summed E-state index contributed by atoms with van der Waals surface area (Å²) in [6.07, 6.45) is 1.35. The van der Waals surface area contributed by atoms with Gasteiger partial charge in [0.15, 0.2) is 0 Å². The number of aromatic carboxylic acids is 1. The third-order valence-corrected chi connectivity index (χ3v) is 3.34. The van der Waals surface area contributed by atoms with E-state index >= 15 is 0 Å². The predicted molar refractivity (Wildman–Crippen MR) is 78.0 cm³/mol. The Morgan fingerprint density at radius 1 is 1.35 bits per heavy atom. The molecule has 0 bridgehead atoms. The topological polar surface area (TPSA) is 82.5 Å². The van der Waals surface area contributed by atoms with Gasteiger partial charge in [0.25, 0.3) is 0 Å². The molecule has 0 aliphatic rings. The lowest BCUT2D eigenvalue weighted by Crippen LogP contribution is -2.30. The van der Waals surface area contributed by atoms with E-state index in [1.54, 1.807) is 0 Å². The number of pyridine rings is 1. The molecule has 1 aromatic heterocycles. The van der Waals surface area contributed by atoms with Crippen LogP contribution in [0.15, 0.2) is 30.5 Å². The van der Waals surface area contributed by atoms with Gasteiger partial charge in [-0.25, -0.2) is 4.79 Å². The third kappa shape index (κ3) is 2.72. The number of fused-ring (bicyclic) bond motifs is 1. The lowest BCUT2D eigenvalue weighted by Gasteiger charge is -2.23. The van der Waals surface area contributed by atoms with Gasteiger partial charge in [-0.15, -0.1) is 0 Å². The van der Waals surface area contributed by atoms with Crippen LogP contribution >= 0.6 is 0 Å². The van der Waals surface area contributed by atoms with E-state index in [-0.39, 0.29) is 24.1 Å². The SMILES string of the molecule is CC(C)C(CO)Nc1c(C(=O)O)cnc2ccccc12. The second-order valence-corrected chi connectivity index (χ2v) is 5.05. The predicted octanol–water partition coefficient (Wildman–Crippen LogP) is 2.36. The highest BCUT2D eigenvalue weighted by molar-refractivity contribution is 6.04. The second-order valence-electron chi connectivity index (χ2n) is 5.05. The molecule has 0 saturated carbocycles. The highest BCUT2D eigenvalue weighted by Crippen LogP contribution is 2.27. The van der Waals surface area contributed by atoms with Crippen LogP contribution in [-0.2, 0) is 0 Å². The fraction of sp³-hybridized carbons (Fsp3) is 0.333. The zero-order valence-electron chi connectivity index (χ0n) is 11.5. The van der Waals surface area contributed by atoms with E-state index in [0.29, 0.717) is 5.69 Å². The molecule has 5 nitrogen and oxygen atoms in total. The third-order valence-electron chi connectivity index (χ3n) is 3.34. The summed E-state index contributed by atoms with van der Waals surface area (Å²) in [7, 11) is 0. The van der Waals surface area contributed by atoms with Crippen molar-refractivity contribution in [1.29, 1.82) is 0 Å². The molecule has 0 spiro atoms. The summed E-state index contributed by atoms with van der Waals surface area (Å²) in [5.41, 5.74) is 1.35. The summed E-state index contributed by atoms with van der Waals surface area (Å²) in [6.45, 7) is 3.88. The maximum Gasteiger partial charge on any atom is 0.339 e. The first-order valence-electron chi connectivity index (χ1n) is 6.53. The molecule has 1 unspecified atom stereocenters. The molecule has 0 saturated heterocycles. The van der Waals surface area contributed by atoms with Crippen molar-refractivity contribution in [2.45, 2.75) is 19.9 Å². The maximum atomic E-state index is 11.4. The van der Waals surface area contributed by atoms with E-state index < -0.39 is 5.97 Å². The number of nitrogens with one attached hydrogen (secondary N) is 1. The van der Waals surface area contributed by atoms with Crippen LogP contribution in [0.25, 0.3) is 10.9 Å². The first kappa shape index (κ1) is 14.3. The van der Waals surface area contributed by atoms with E-state index in [9.17, 15) is 15.0 Å². The normalized spacial score (nSPS) is 12.6. The number of para-hydroxylation sites is 1. The Morgan fingerprint density at radius 2 is 2.05 bits per heavy atom. The van der Waals surface area contributed by atoms with Crippen LogP contribution in [0.5, 0.6) is 0 Å². The van der Waals surface area contributed by atoms with Crippen LogP contribution in [0.1, 0.15) is 24.2 Å². The lowest BCUT2D eigenvalue weighted by molar-refractivity contribution is 0.0697. The molecular formula is C15H18N2O3. The average Bonchev–Trinajstić information content (AvgIpc) is 2.43. The number of carbonyl (C=O) groups is 1. The van der Waals surface area contributed by atoms with E-state index in [0.717, 1.165) is 10.9 Å². The Bertz CT molecular complexity index is 626. The molecule has 0 aliphatic heterocycles. The van der Waals surface area contributed by atoms with Gasteiger partial charge >= 0.3 is 5.97 Å². The zero-order chi connectivity index (χ0) is 14.7. The number of anilines is 1. The van der Waals surface area contributed by atoms with E-state index in [1.165, 1.54) is 6.20 Å². The number of hydrogen-bond acceptors (Lipinski definition) is 4. The maximum absolute atomic E-state index is 11.4. The monoisotopic (exact) mass is 274 g/mol. The Hall–Kier alpha value is -2.14. The van der Waals surface area contributed by atoms with E-state index in [2.05, 4.69) is 10.3 Å². The number of benzene rings is 1. The summed E-state index contributed by atoms with van der Waals surface area (Å²) < 4.78 is 0. The van der Waals surface area contributed by atoms with Gasteiger partial charge in [0.05, 0.1) is 23.9 Å². The van der Waals surface area contributed by atoms with Gasteiger partial charge in [0.2, 0.25) is 0 Å². The van der Waals surface area contributed by atoms with Crippen LogP contribution < -0.4 is 5.32 Å². The Morgan fingerprint density at radius 3 is 2.65 bits per heavy atom. The largest absolute Gasteiger partial charge is 0.478 e. The molecule has 0 amide bonds. The Labute approximate surface area is 117 Å². The molecule has 0 radical (unpaired) electrons. The number of carboxylic acid groups (broad SMARTS) is 1. The smallest absolute Gasteiger partial charge is 0.339 e. The molecular weight excluding hydrogens is 256 g/mol. The van der Waals surface area contributed by atoms with Gasteiger partial charge in [0.1, 0.15) is 5.56 Å². The number of rotatable bonds is 5. The number of aliphatic hydroxyl groups excluding tert-OH is 1. The molecule has 0 aliphatic carbocycles. The Balaban J connectivity index is 2.57.